The average molecular weight is 280 g/mol. The Morgan fingerprint density at radius 1 is 0.476 bits per heavy atom. The van der Waals surface area contributed by atoms with E-state index < -0.39 is 0 Å². The zero-order valence-electron chi connectivity index (χ0n) is 11.4. The van der Waals surface area contributed by atoms with Gasteiger partial charge in [0.2, 0.25) is 0 Å². The molecule has 0 atom stereocenters. The lowest BCUT2D eigenvalue weighted by Gasteiger charge is -1.68. The molecule has 1 heterocycles. The molecule has 0 aliphatic rings. The first-order valence-corrected chi connectivity index (χ1v) is 6.23. The third kappa shape index (κ3) is 11.7. The van der Waals surface area contributed by atoms with Crippen molar-refractivity contribution < 1.29 is 0 Å². The summed E-state index contributed by atoms with van der Waals surface area (Å²) in [6, 6.07) is 24.4. The van der Waals surface area contributed by atoms with Crippen molar-refractivity contribution in [2.45, 2.75) is 0 Å². The lowest BCUT2D eigenvalue weighted by atomic mass is 10.4. The van der Waals surface area contributed by atoms with E-state index in [1.807, 2.05) is 66.7 Å². The van der Waals surface area contributed by atoms with E-state index in [1.165, 1.54) is 6.20 Å². The van der Waals surface area contributed by atoms with Crippen LogP contribution >= 0.6 is 0 Å². The van der Waals surface area contributed by atoms with Gasteiger partial charge in [-0.25, -0.2) is 0 Å². The van der Waals surface area contributed by atoms with Crippen LogP contribution < -0.4 is 0 Å². The van der Waals surface area contributed by atoms with Crippen LogP contribution in [0.25, 0.3) is 0 Å². The van der Waals surface area contributed by atoms with Crippen molar-refractivity contribution >= 4 is 0 Å². The topological polar surface area (TPSA) is 80.2 Å². The van der Waals surface area contributed by atoms with Gasteiger partial charge in [0.1, 0.15) is 0 Å². The molecule has 0 amide bonds. The molecule has 0 bridgehead atoms. The van der Waals surface area contributed by atoms with Crippen molar-refractivity contribution in [3.8, 4) is 0 Å². The number of nitrogens with zero attached hydrogens (tertiary/aromatic N) is 5. The molecular weight excluding hydrogens is 264 g/mol. The Kier molecular flexibility index (Phi) is 10.1. The van der Waals surface area contributed by atoms with E-state index >= 15 is 0 Å². The lowest BCUT2D eigenvalue weighted by Crippen LogP contribution is -1.85. The van der Waals surface area contributed by atoms with Crippen molar-refractivity contribution in [1.29, 1.82) is 0 Å². The third-order valence-corrected chi connectivity index (χ3v) is 1.89. The molecule has 6 heteroatoms. The second kappa shape index (κ2) is 13.3. The highest BCUT2D eigenvalue weighted by molar-refractivity contribution is 4.97. The maximum absolute atomic E-state index is 3.75. The Bertz CT molecular complexity index is 370. The van der Waals surface area contributed by atoms with Gasteiger partial charge < -0.3 is 0 Å². The molecular formula is C15H16N6. The normalized spacial score (nSPS) is 8.00. The van der Waals surface area contributed by atoms with Gasteiger partial charge in [0, 0.05) is 6.20 Å². The fourth-order valence-electron chi connectivity index (χ4n) is 1.04. The maximum Gasteiger partial charge on any atom is 0.0514 e. The van der Waals surface area contributed by atoms with Gasteiger partial charge in [-0.2, -0.15) is 10.3 Å². The van der Waals surface area contributed by atoms with Gasteiger partial charge in [-0.1, -0.05) is 66.7 Å². The van der Waals surface area contributed by atoms with E-state index in [1.54, 1.807) is 18.3 Å². The van der Waals surface area contributed by atoms with Crippen LogP contribution in [0, 0.1) is 0 Å². The minimum absolute atomic E-state index is 1.50. The minimum Gasteiger partial charge on any atom is -0.178 e. The largest absolute Gasteiger partial charge is 0.178 e. The molecule has 6 nitrogen and oxygen atoms in total. The molecule has 0 unspecified atom stereocenters. The van der Waals surface area contributed by atoms with Gasteiger partial charge in [-0.15, -0.1) is 5.10 Å². The van der Waals surface area contributed by atoms with Crippen LogP contribution in [0.15, 0.2) is 91.3 Å². The van der Waals surface area contributed by atoms with Gasteiger partial charge in [-0.05, 0) is 27.8 Å². The molecule has 0 spiro atoms. The molecule has 0 aliphatic heterocycles. The molecule has 106 valence electrons. The highest BCUT2D eigenvalue weighted by atomic mass is 15.5. The van der Waals surface area contributed by atoms with Crippen molar-refractivity contribution in [2.24, 2.45) is 0 Å². The van der Waals surface area contributed by atoms with Crippen LogP contribution in [-0.2, 0) is 0 Å². The summed E-state index contributed by atoms with van der Waals surface area (Å²) in [5.41, 5.74) is 0. The molecule has 0 aliphatic carbocycles. The van der Waals surface area contributed by atoms with Crippen LogP contribution in [-0.4, -0.2) is 31.1 Å². The number of H-pyrrole nitrogens is 1. The van der Waals surface area contributed by atoms with E-state index in [-0.39, 0.29) is 0 Å². The van der Waals surface area contributed by atoms with E-state index in [4.69, 9.17) is 0 Å². The van der Waals surface area contributed by atoms with E-state index in [9.17, 15) is 0 Å². The molecule has 1 rings (SSSR count). The first kappa shape index (κ1) is 15.9. The summed E-state index contributed by atoms with van der Waals surface area (Å²) in [4.78, 5) is 0. The monoisotopic (exact) mass is 280 g/mol. The molecule has 0 saturated heterocycles. The Morgan fingerprint density at radius 2 is 0.952 bits per heavy atom. The number of aromatic amines is 1. The SMILES string of the molecule is c1cccccccnnnn[nH]nccccccc1. The summed E-state index contributed by atoms with van der Waals surface area (Å²) in [5.74, 6) is 0. The van der Waals surface area contributed by atoms with Crippen molar-refractivity contribution in [1.82, 2.24) is 31.1 Å². The number of aromatic nitrogens is 6. The van der Waals surface area contributed by atoms with Gasteiger partial charge in [0.25, 0.3) is 0 Å². The first-order valence-electron chi connectivity index (χ1n) is 6.23. The number of hydrogen-bond donors (Lipinski definition) is 1. The first-order chi connectivity index (χ1) is 10.5. The molecule has 0 saturated carbocycles. The predicted octanol–water partition coefficient (Wildman–Crippen LogP) is 2.49. The van der Waals surface area contributed by atoms with Gasteiger partial charge in [0.05, 0.1) is 6.20 Å². The van der Waals surface area contributed by atoms with E-state index in [0.717, 1.165) is 0 Å². The number of rotatable bonds is 0. The summed E-state index contributed by atoms with van der Waals surface area (Å²) in [6.07, 6.45) is 3.05. The van der Waals surface area contributed by atoms with Crippen molar-refractivity contribution in [3.63, 3.8) is 0 Å². The van der Waals surface area contributed by atoms with Crippen LogP contribution in [0.5, 0.6) is 0 Å². The quantitative estimate of drug-likeness (QED) is 0.789. The smallest absolute Gasteiger partial charge is 0.0514 e. The van der Waals surface area contributed by atoms with Crippen molar-refractivity contribution in [3.05, 3.63) is 91.3 Å². The van der Waals surface area contributed by atoms with Gasteiger partial charge in [-0.3, -0.25) is 0 Å². The highest BCUT2D eigenvalue weighted by Crippen LogP contribution is 1.78. The molecule has 1 N–H and O–H groups in total. The number of hydrogen-bond acceptors (Lipinski definition) is 5. The number of nitrogens with one attached hydrogen (secondary N) is 1. The fourth-order valence-corrected chi connectivity index (χ4v) is 1.04. The predicted molar refractivity (Wildman–Crippen MR) is 80.3 cm³/mol. The third-order valence-electron chi connectivity index (χ3n) is 1.89. The van der Waals surface area contributed by atoms with Gasteiger partial charge >= 0.3 is 0 Å². The zero-order valence-corrected chi connectivity index (χ0v) is 11.4. The summed E-state index contributed by atoms with van der Waals surface area (Å²) < 4.78 is 0. The molecule has 21 heavy (non-hydrogen) atoms. The maximum atomic E-state index is 3.75. The van der Waals surface area contributed by atoms with Crippen LogP contribution in [0.4, 0.5) is 0 Å². The van der Waals surface area contributed by atoms with Crippen LogP contribution in [0.3, 0.4) is 0 Å². The molecule has 1 aromatic heterocycles. The van der Waals surface area contributed by atoms with Gasteiger partial charge in [0.15, 0.2) is 0 Å². The zero-order chi connectivity index (χ0) is 14.8. The summed E-state index contributed by atoms with van der Waals surface area (Å²) >= 11 is 0. The molecule has 1 aromatic rings. The van der Waals surface area contributed by atoms with E-state index in [0.29, 0.717) is 0 Å². The van der Waals surface area contributed by atoms with Crippen LogP contribution in [0.1, 0.15) is 0 Å². The fraction of sp³-hybridized carbons (Fsp3) is 0. The van der Waals surface area contributed by atoms with E-state index in [2.05, 4.69) is 31.1 Å². The Hall–Kier alpha value is -3.15. The molecule has 0 fully saturated rings. The molecule has 0 aromatic carbocycles. The lowest BCUT2D eigenvalue weighted by molar-refractivity contribution is 0.695. The standard InChI is InChI=1S/C15H16N6/c1-2-4-6-8-10-12-14-16-18-20-21-19-17-15-13-11-9-7-5-3-1/h1-15H,(H,16,19,20). The highest BCUT2D eigenvalue weighted by Gasteiger charge is 1.60. The summed E-state index contributed by atoms with van der Waals surface area (Å²) in [5, 5.41) is 20.0. The Morgan fingerprint density at radius 3 is 1.52 bits per heavy atom. The summed E-state index contributed by atoms with van der Waals surface area (Å²) in [7, 11) is 0. The van der Waals surface area contributed by atoms with Crippen molar-refractivity contribution in [2.75, 3.05) is 0 Å². The second-order valence-electron chi connectivity index (χ2n) is 3.42. The average Bonchev–Trinajstić information content (AvgIpc) is 2.50. The molecule has 0 radical (unpaired) electrons. The van der Waals surface area contributed by atoms with Crippen LogP contribution in [0.2, 0.25) is 0 Å². The minimum atomic E-state index is 1.50. The Labute approximate surface area is 123 Å². The second-order valence-corrected chi connectivity index (χ2v) is 3.42. The summed E-state index contributed by atoms with van der Waals surface area (Å²) in [6.45, 7) is 0. The Balaban J connectivity index is 3.01.